The van der Waals surface area contributed by atoms with Crippen molar-refractivity contribution in [2.24, 2.45) is 0 Å². The van der Waals surface area contributed by atoms with Gasteiger partial charge in [0.1, 0.15) is 0 Å². The van der Waals surface area contributed by atoms with Crippen LogP contribution in [0.25, 0.3) is 0 Å². The number of carbonyl (C=O) groups excluding carboxylic acids is 1. The largest absolute Gasteiger partial charge is 0.337 e. The predicted molar refractivity (Wildman–Crippen MR) is 75.2 cm³/mol. The van der Waals surface area contributed by atoms with Gasteiger partial charge in [0.15, 0.2) is 0 Å². The molecule has 0 aliphatic carbocycles. The van der Waals surface area contributed by atoms with Gasteiger partial charge in [0.25, 0.3) is 5.91 Å². The van der Waals surface area contributed by atoms with E-state index in [2.05, 4.69) is 13.8 Å². The van der Waals surface area contributed by atoms with E-state index < -0.39 is 0 Å². The van der Waals surface area contributed by atoms with Gasteiger partial charge in [-0.1, -0.05) is 20.3 Å². The zero-order chi connectivity index (χ0) is 12.7. The molecule has 2 nitrogen and oxygen atoms in total. The van der Waals surface area contributed by atoms with Gasteiger partial charge < -0.3 is 4.90 Å². The third kappa shape index (κ3) is 4.32. The van der Waals surface area contributed by atoms with E-state index in [9.17, 15) is 4.79 Å². The van der Waals surface area contributed by atoms with E-state index in [0.29, 0.717) is 12.4 Å². The van der Waals surface area contributed by atoms with Gasteiger partial charge in [-0.05, 0) is 25.0 Å². The quantitative estimate of drug-likeness (QED) is 0.692. The lowest BCUT2D eigenvalue weighted by Crippen LogP contribution is -2.33. The number of aryl methyl sites for hydroxylation is 1. The standard InChI is InChI=1S/C13H20ClNOS/c1-3-5-9-15(10-8-14)13(16)12-7-6-11(4-2)17-12/h6-7H,3-5,8-10H2,1-2H3. The summed E-state index contributed by atoms with van der Waals surface area (Å²) in [5.74, 6) is 0.630. The minimum absolute atomic E-state index is 0.129. The Hall–Kier alpha value is -0.540. The van der Waals surface area contributed by atoms with E-state index >= 15 is 0 Å². The molecule has 0 unspecified atom stereocenters. The minimum atomic E-state index is 0.129. The van der Waals surface area contributed by atoms with Crippen molar-refractivity contribution in [2.45, 2.75) is 33.1 Å². The fourth-order valence-corrected chi connectivity index (χ4v) is 2.72. The summed E-state index contributed by atoms with van der Waals surface area (Å²) in [6, 6.07) is 3.97. The highest BCUT2D eigenvalue weighted by Gasteiger charge is 2.16. The van der Waals surface area contributed by atoms with Gasteiger partial charge in [0, 0.05) is 23.8 Å². The molecule has 96 valence electrons. The average molecular weight is 274 g/mol. The molecule has 0 N–H and O–H groups in total. The van der Waals surface area contributed by atoms with Crippen molar-refractivity contribution < 1.29 is 4.79 Å². The van der Waals surface area contributed by atoms with Gasteiger partial charge in [0.05, 0.1) is 4.88 Å². The second-order valence-corrected chi connectivity index (χ2v) is 5.50. The summed E-state index contributed by atoms with van der Waals surface area (Å²) in [5.41, 5.74) is 0. The molecule has 0 aliphatic rings. The van der Waals surface area contributed by atoms with Crippen LogP contribution in [0.15, 0.2) is 12.1 Å². The summed E-state index contributed by atoms with van der Waals surface area (Å²) in [5, 5.41) is 0. The minimum Gasteiger partial charge on any atom is -0.337 e. The number of halogens is 1. The van der Waals surface area contributed by atoms with E-state index in [0.717, 1.165) is 30.7 Å². The molecule has 1 aromatic heterocycles. The summed E-state index contributed by atoms with van der Waals surface area (Å²) >= 11 is 7.34. The molecule has 0 radical (unpaired) electrons. The van der Waals surface area contributed by atoms with Gasteiger partial charge in [-0.3, -0.25) is 4.79 Å². The van der Waals surface area contributed by atoms with Crippen molar-refractivity contribution >= 4 is 28.8 Å². The molecular weight excluding hydrogens is 254 g/mol. The lowest BCUT2D eigenvalue weighted by Gasteiger charge is -2.20. The zero-order valence-corrected chi connectivity index (χ0v) is 12.1. The molecule has 0 spiro atoms. The van der Waals surface area contributed by atoms with Crippen molar-refractivity contribution in [2.75, 3.05) is 19.0 Å². The van der Waals surface area contributed by atoms with Crippen LogP contribution in [0.3, 0.4) is 0 Å². The van der Waals surface area contributed by atoms with Gasteiger partial charge in [0.2, 0.25) is 0 Å². The van der Waals surface area contributed by atoms with E-state index in [-0.39, 0.29) is 5.91 Å². The van der Waals surface area contributed by atoms with Crippen LogP contribution in [-0.2, 0) is 6.42 Å². The van der Waals surface area contributed by atoms with Crippen molar-refractivity contribution in [1.82, 2.24) is 4.90 Å². The Morgan fingerprint density at radius 3 is 2.65 bits per heavy atom. The maximum Gasteiger partial charge on any atom is 0.263 e. The Kier molecular flexibility index (Phi) is 6.60. The van der Waals surface area contributed by atoms with Gasteiger partial charge >= 0.3 is 0 Å². The molecule has 1 heterocycles. The number of hydrogen-bond acceptors (Lipinski definition) is 2. The summed E-state index contributed by atoms with van der Waals surface area (Å²) in [7, 11) is 0. The van der Waals surface area contributed by atoms with Crippen molar-refractivity contribution in [3.05, 3.63) is 21.9 Å². The highest BCUT2D eigenvalue weighted by atomic mass is 35.5. The first-order valence-corrected chi connectivity index (χ1v) is 7.52. The second kappa shape index (κ2) is 7.72. The Morgan fingerprint density at radius 1 is 1.35 bits per heavy atom. The van der Waals surface area contributed by atoms with Gasteiger partial charge in [-0.25, -0.2) is 0 Å². The van der Waals surface area contributed by atoms with Crippen LogP contribution >= 0.6 is 22.9 Å². The van der Waals surface area contributed by atoms with Crippen LogP contribution in [0.2, 0.25) is 0 Å². The molecule has 0 saturated carbocycles. The molecule has 4 heteroatoms. The fourth-order valence-electron chi connectivity index (χ4n) is 1.60. The van der Waals surface area contributed by atoms with Crippen LogP contribution in [0.1, 0.15) is 41.2 Å². The first-order valence-electron chi connectivity index (χ1n) is 6.16. The van der Waals surface area contributed by atoms with Crippen molar-refractivity contribution in [3.63, 3.8) is 0 Å². The smallest absolute Gasteiger partial charge is 0.263 e. The van der Waals surface area contributed by atoms with Crippen molar-refractivity contribution in [1.29, 1.82) is 0 Å². The number of nitrogens with zero attached hydrogens (tertiary/aromatic N) is 1. The summed E-state index contributed by atoms with van der Waals surface area (Å²) < 4.78 is 0. The van der Waals surface area contributed by atoms with Crippen LogP contribution in [-0.4, -0.2) is 29.8 Å². The first kappa shape index (κ1) is 14.5. The highest BCUT2D eigenvalue weighted by molar-refractivity contribution is 7.14. The Labute approximate surface area is 113 Å². The van der Waals surface area contributed by atoms with Gasteiger partial charge in [-0.15, -0.1) is 22.9 Å². The molecule has 0 atom stereocenters. The molecule has 17 heavy (non-hydrogen) atoms. The lowest BCUT2D eigenvalue weighted by molar-refractivity contribution is 0.0768. The number of alkyl halides is 1. The first-order chi connectivity index (χ1) is 8.22. The number of carbonyl (C=O) groups is 1. The highest BCUT2D eigenvalue weighted by Crippen LogP contribution is 2.19. The van der Waals surface area contributed by atoms with Gasteiger partial charge in [-0.2, -0.15) is 0 Å². The second-order valence-electron chi connectivity index (χ2n) is 3.95. The third-order valence-electron chi connectivity index (χ3n) is 2.64. The summed E-state index contributed by atoms with van der Waals surface area (Å²) in [6.45, 7) is 5.68. The zero-order valence-electron chi connectivity index (χ0n) is 10.5. The molecule has 0 aromatic carbocycles. The molecule has 0 fully saturated rings. The Balaban J connectivity index is 2.68. The molecule has 0 bridgehead atoms. The summed E-state index contributed by atoms with van der Waals surface area (Å²) in [4.78, 5) is 16.2. The monoisotopic (exact) mass is 273 g/mol. The fraction of sp³-hybridized carbons (Fsp3) is 0.615. The molecule has 1 rings (SSSR count). The third-order valence-corrected chi connectivity index (χ3v) is 4.03. The molecule has 1 aromatic rings. The normalized spacial score (nSPS) is 10.5. The predicted octanol–water partition coefficient (Wildman–Crippen LogP) is 3.79. The average Bonchev–Trinajstić information content (AvgIpc) is 2.82. The number of unbranched alkanes of at least 4 members (excludes halogenated alkanes) is 1. The molecule has 0 saturated heterocycles. The van der Waals surface area contributed by atoms with Crippen LogP contribution in [0.5, 0.6) is 0 Å². The number of amides is 1. The van der Waals surface area contributed by atoms with E-state index in [4.69, 9.17) is 11.6 Å². The van der Waals surface area contributed by atoms with Crippen LogP contribution in [0.4, 0.5) is 0 Å². The van der Waals surface area contributed by atoms with Crippen LogP contribution in [0, 0.1) is 0 Å². The number of thiophene rings is 1. The number of rotatable bonds is 7. The molecule has 0 aliphatic heterocycles. The van der Waals surface area contributed by atoms with Crippen LogP contribution < -0.4 is 0 Å². The molecular formula is C13H20ClNOS. The van der Waals surface area contributed by atoms with E-state index in [1.54, 1.807) is 11.3 Å². The van der Waals surface area contributed by atoms with Crippen molar-refractivity contribution in [3.8, 4) is 0 Å². The maximum atomic E-state index is 12.2. The van der Waals surface area contributed by atoms with E-state index in [1.165, 1.54) is 4.88 Å². The molecule has 1 amide bonds. The SMILES string of the molecule is CCCCN(CCCl)C(=O)c1ccc(CC)s1. The Bertz CT molecular complexity index is 351. The lowest BCUT2D eigenvalue weighted by atomic mass is 10.3. The Morgan fingerprint density at radius 2 is 2.12 bits per heavy atom. The summed E-state index contributed by atoms with van der Waals surface area (Å²) in [6.07, 6.45) is 3.12. The topological polar surface area (TPSA) is 20.3 Å². The van der Waals surface area contributed by atoms with E-state index in [1.807, 2.05) is 17.0 Å². The number of hydrogen-bond donors (Lipinski definition) is 0. The maximum absolute atomic E-state index is 12.2.